The minimum atomic E-state index is -0.215. The van der Waals surface area contributed by atoms with Crippen molar-refractivity contribution in [1.82, 2.24) is 10.6 Å². The second-order valence-corrected chi connectivity index (χ2v) is 4.41. The molecule has 0 bridgehead atoms. The molecule has 0 saturated heterocycles. The topological polar surface area (TPSA) is 93.5 Å². The third-order valence-electron chi connectivity index (χ3n) is 2.86. The maximum absolute atomic E-state index is 11.8. The van der Waals surface area contributed by atoms with Gasteiger partial charge in [0.1, 0.15) is 5.75 Å². The summed E-state index contributed by atoms with van der Waals surface area (Å²) in [6.45, 7) is 2.81. The third-order valence-corrected chi connectivity index (χ3v) is 2.86. The van der Waals surface area contributed by atoms with Crippen molar-refractivity contribution in [1.29, 1.82) is 0 Å². The fraction of sp³-hybridized carbons (Fsp3) is 0.429. The van der Waals surface area contributed by atoms with Crippen LogP contribution in [0.5, 0.6) is 5.75 Å². The lowest BCUT2D eigenvalue weighted by molar-refractivity contribution is -0.124. The summed E-state index contributed by atoms with van der Waals surface area (Å²) in [5.41, 5.74) is 5.93. The Balaban J connectivity index is 2.31. The molecule has 0 fully saturated rings. The number of nitrogens with two attached hydrogens (primary N) is 1. The fourth-order valence-electron chi connectivity index (χ4n) is 1.49. The zero-order valence-corrected chi connectivity index (χ0v) is 11.8. The molecule has 0 spiro atoms. The first-order valence-electron chi connectivity index (χ1n) is 6.48. The number of amides is 2. The highest BCUT2D eigenvalue weighted by Crippen LogP contribution is 2.10. The largest absolute Gasteiger partial charge is 0.497 e. The lowest BCUT2D eigenvalue weighted by Crippen LogP contribution is -2.38. The van der Waals surface area contributed by atoms with Crippen LogP contribution in [0.4, 0.5) is 0 Å². The smallest absolute Gasteiger partial charge is 0.251 e. The van der Waals surface area contributed by atoms with E-state index in [1.54, 1.807) is 38.3 Å². The molecule has 1 unspecified atom stereocenters. The van der Waals surface area contributed by atoms with Gasteiger partial charge < -0.3 is 21.1 Å². The predicted molar refractivity (Wildman–Crippen MR) is 76.6 cm³/mol. The Labute approximate surface area is 118 Å². The molecule has 0 radical (unpaired) electrons. The molecule has 1 atom stereocenters. The van der Waals surface area contributed by atoms with E-state index < -0.39 is 0 Å². The van der Waals surface area contributed by atoms with Crippen molar-refractivity contribution < 1.29 is 14.3 Å². The molecular weight excluding hydrogens is 258 g/mol. The number of nitrogens with one attached hydrogen (secondary N) is 2. The summed E-state index contributed by atoms with van der Waals surface area (Å²) in [4.78, 5) is 23.2. The van der Waals surface area contributed by atoms with Gasteiger partial charge in [-0.25, -0.2) is 0 Å². The Morgan fingerprint density at radius 1 is 1.20 bits per heavy atom. The van der Waals surface area contributed by atoms with Gasteiger partial charge in [0.2, 0.25) is 5.91 Å². The third kappa shape index (κ3) is 4.89. The standard InChI is InChI=1S/C14H21N3O3/c1-10(9-15)13(18)16-7-8-17-14(19)11-3-5-12(20-2)6-4-11/h3-6,10H,7-9,15H2,1-2H3,(H,16,18)(H,17,19). The molecule has 6 heteroatoms. The first kappa shape index (κ1) is 16.0. The molecule has 1 aromatic rings. The monoisotopic (exact) mass is 279 g/mol. The number of ether oxygens (including phenoxy) is 1. The molecule has 4 N–H and O–H groups in total. The molecule has 0 aliphatic carbocycles. The SMILES string of the molecule is COc1ccc(C(=O)NCCNC(=O)C(C)CN)cc1. The van der Waals surface area contributed by atoms with Crippen molar-refractivity contribution in [2.24, 2.45) is 11.7 Å². The Kier molecular flexibility index (Phi) is 6.52. The van der Waals surface area contributed by atoms with Gasteiger partial charge in [-0.05, 0) is 24.3 Å². The number of carbonyl (C=O) groups excluding carboxylic acids is 2. The zero-order chi connectivity index (χ0) is 15.0. The molecule has 0 heterocycles. The highest BCUT2D eigenvalue weighted by atomic mass is 16.5. The summed E-state index contributed by atoms with van der Waals surface area (Å²) in [5, 5.41) is 5.43. The first-order valence-corrected chi connectivity index (χ1v) is 6.48. The summed E-state index contributed by atoms with van der Waals surface area (Å²) < 4.78 is 5.02. The Bertz CT molecular complexity index is 445. The van der Waals surface area contributed by atoms with Gasteiger partial charge in [-0.15, -0.1) is 0 Å². The Morgan fingerprint density at radius 2 is 1.80 bits per heavy atom. The van der Waals surface area contributed by atoms with Crippen LogP contribution in [0.3, 0.4) is 0 Å². The number of rotatable bonds is 7. The average Bonchev–Trinajstić information content (AvgIpc) is 2.50. The minimum absolute atomic E-state index is 0.105. The molecular formula is C14H21N3O3. The Morgan fingerprint density at radius 3 is 2.35 bits per heavy atom. The summed E-state index contributed by atoms with van der Waals surface area (Å²) in [6, 6.07) is 6.81. The van der Waals surface area contributed by atoms with E-state index in [9.17, 15) is 9.59 Å². The van der Waals surface area contributed by atoms with Gasteiger partial charge in [0.15, 0.2) is 0 Å². The van der Waals surface area contributed by atoms with Crippen molar-refractivity contribution in [3.8, 4) is 5.75 Å². The van der Waals surface area contributed by atoms with Crippen molar-refractivity contribution >= 4 is 11.8 Å². The van der Waals surface area contributed by atoms with Gasteiger partial charge in [-0.3, -0.25) is 9.59 Å². The quantitative estimate of drug-likeness (QED) is 0.619. The lowest BCUT2D eigenvalue weighted by atomic mass is 10.2. The van der Waals surface area contributed by atoms with Gasteiger partial charge in [0, 0.05) is 31.1 Å². The summed E-state index contributed by atoms with van der Waals surface area (Å²) >= 11 is 0. The van der Waals surface area contributed by atoms with Crippen LogP contribution < -0.4 is 21.1 Å². The Hall–Kier alpha value is -2.08. The molecule has 6 nitrogen and oxygen atoms in total. The minimum Gasteiger partial charge on any atom is -0.497 e. The average molecular weight is 279 g/mol. The van der Waals surface area contributed by atoms with E-state index in [0.717, 1.165) is 0 Å². The van der Waals surface area contributed by atoms with Crippen LogP contribution in [0.1, 0.15) is 17.3 Å². The molecule has 0 aromatic heterocycles. The van der Waals surface area contributed by atoms with Crippen molar-refractivity contribution in [2.75, 3.05) is 26.7 Å². The molecule has 110 valence electrons. The number of benzene rings is 1. The van der Waals surface area contributed by atoms with Crippen LogP contribution in [0.15, 0.2) is 24.3 Å². The number of carbonyl (C=O) groups is 2. The number of hydrogen-bond donors (Lipinski definition) is 3. The van der Waals surface area contributed by atoms with E-state index in [0.29, 0.717) is 30.9 Å². The molecule has 0 saturated carbocycles. The van der Waals surface area contributed by atoms with Crippen LogP contribution in [0.2, 0.25) is 0 Å². The van der Waals surface area contributed by atoms with Crippen LogP contribution in [-0.4, -0.2) is 38.6 Å². The maximum Gasteiger partial charge on any atom is 0.251 e. The summed E-state index contributed by atoms with van der Waals surface area (Å²) in [5.74, 6) is 0.192. The summed E-state index contributed by atoms with van der Waals surface area (Å²) in [6.07, 6.45) is 0. The zero-order valence-electron chi connectivity index (χ0n) is 11.8. The molecule has 20 heavy (non-hydrogen) atoms. The van der Waals surface area contributed by atoms with E-state index in [1.807, 2.05) is 0 Å². The second-order valence-electron chi connectivity index (χ2n) is 4.41. The van der Waals surface area contributed by atoms with E-state index in [4.69, 9.17) is 10.5 Å². The van der Waals surface area contributed by atoms with Crippen molar-refractivity contribution in [2.45, 2.75) is 6.92 Å². The lowest BCUT2D eigenvalue weighted by Gasteiger charge is -2.10. The summed E-state index contributed by atoms with van der Waals surface area (Å²) in [7, 11) is 1.57. The van der Waals surface area contributed by atoms with Gasteiger partial charge in [-0.1, -0.05) is 6.92 Å². The first-order chi connectivity index (χ1) is 9.58. The number of hydrogen-bond acceptors (Lipinski definition) is 4. The van der Waals surface area contributed by atoms with Gasteiger partial charge >= 0.3 is 0 Å². The van der Waals surface area contributed by atoms with Gasteiger partial charge in [-0.2, -0.15) is 0 Å². The van der Waals surface area contributed by atoms with Crippen LogP contribution in [0, 0.1) is 5.92 Å². The van der Waals surface area contributed by atoms with E-state index >= 15 is 0 Å². The van der Waals surface area contributed by atoms with Gasteiger partial charge in [0.25, 0.3) is 5.91 Å². The predicted octanol–water partition coefficient (Wildman–Crippen LogP) is 0.136. The maximum atomic E-state index is 11.8. The molecule has 0 aliphatic rings. The normalized spacial score (nSPS) is 11.6. The highest BCUT2D eigenvalue weighted by molar-refractivity contribution is 5.94. The fourth-order valence-corrected chi connectivity index (χ4v) is 1.49. The van der Waals surface area contributed by atoms with Crippen LogP contribution >= 0.6 is 0 Å². The van der Waals surface area contributed by atoms with E-state index in [-0.39, 0.29) is 17.7 Å². The van der Waals surface area contributed by atoms with E-state index in [2.05, 4.69) is 10.6 Å². The molecule has 1 rings (SSSR count). The van der Waals surface area contributed by atoms with Gasteiger partial charge in [0.05, 0.1) is 7.11 Å². The second kappa shape index (κ2) is 8.16. The van der Waals surface area contributed by atoms with Crippen LogP contribution in [0.25, 0.3) is 0 Å². The number of methoxy groups -OCH3 is 1. The molecule has 2 amide bonds. The van der Waals surface area contributed by atoms with Crippen molar-refractivity contribution in [3.05, 3.63) is 29.8 Å². The molecule has 0 aliphatic heterocycles. The van der Waals surface area contributed by atoms with Crippen LogP contribution in [-0.2, 0) is 4.79 Å². The van der Waals surface area contributed by atoms with E-state index in [1.165, 1.54) is 0 Å². The molecule has 1 aromatic carbocycles. The highest BCUT2D eigenvalue weighted by Gasteiger charge is 2.10. The van der Waals surface area contributed by atoms with Crippen molar-refractivity contribution in [3.63, 3.8) is 0 Å².